The van der Waals surface area contributed by atoms with Crippen LogP contribution in [0.2, 0.25) is 0 Å². The molecule has 0 radical (unpaired) electrons. The number of pyridine rings is 1. The second kappa shape index (κ2) is 6.68. The van der Waals surface area contributed by atoms with Crippen molar-refractivity contribution in [2.75, 3.05) is 11.9 Å². The lowest BCUT2D eigenvalue weighted by atomic mass is 10.1. The number of nitrogens with zero attached hydrogens (tertiary/aromatic N) is 1. The minimum Gasteiger partial charge on any atom is -0.369 e. The van der Waals surface area contributed by atoms with Crippen LogP contribution in [0.5, 0.6) is 0 Å². The topological polar surface area (TPSA) is 54.0 Å². The number of amides is 1. The fourth-order valence-electron chi connectivity index (χ4n) is 2.60. The number of carbonyl (C=O) groups excluding carboxylic acids is 1. The van der Waals surface area contributed by atoms with Gasteiger partial charge in [0.25, 0.3) is 5.91 Å². The van der Waals surface area contributed by atoms with Crippen LogP contribution in [0.4, 0.5) is 10.2 Å². The van der Waals surface area contributed by atoms with Crippen molar-refractivity contribution >= 4 is 11.7 Å². The summed E-state index contributed by atoms with van der Waals surface area (Å²) in [5.74, 6) is 0.368. The monoisotopic (exact) mass is 279 g/mol. The molecule has 1 amide bonds. The van der Waals surface area contributed by atoms with E-state index in [9.17, 15) is 9.18 Å². The van der Waals surface area contributed by atoms with Gasteiger partial charge < -0.3 is 10.6 Å². The quantitative estimate of drug-likeness (QED) is 0.871. The Balaban J connectivity index is 2.09. The maximum Gasteiger partial charge on any atom is 0.255 e. The second-order valence-corrected chi connectivity index (χ2v) is 5.57. The molecule has 0 spiro atoms. The molecule has 1 aromatic rings. The van der Waals surface area contributed by atoms with Gasteiger partial charge in [-0.05, 0) is 37.7 Å². The Hall–Kier alpha value is -1.65. The molecule has 2 rings (SSSR count). The van der Waals surface area contributed by atoms with Crippen molar-refractivity contribution in [1.29, 1.82) is 0 Å². The molecule has 1 aliphatic rings. The summed E-state index contributed by atoms with van der Waals surface area (Å²) in [7, 11) is 0. The van der Waals surface area contributed by atoms with E-state index in [-0.39, 0.29) is 17.5 Å². The number of hydrogen-bond donors (Lipinski definition) is 2. The number of carbonyl (C=O) groups is 1. The first-order chi connectivity index (χ1) is 9.60. The van der Waals surface area contributed by atoms with Crippen LogP contribution in [0.1, 0.15) is 49.9 Å². The van der Waals surface area contributed by atoms with Crippen LogP contribution in [0.3, 0.4) is 0 Å². The lowest BCUT2D eigenvalue weighted by Gasteiger charge is -2.15. The lowest BCUT2D eigenvalue weighted by molar-refractivity contribution is 0.0937. The van der Waals surface area contributed by atoms with Crippen molar-refractivity contribution < 1.29 is 9.18 Å². The number of rotatable bonds is 5. The molecule has 0 aromatic carbocycles. The molecule has 1 aliphatic carbocycles. The highest BCUT2D eigenvalue weighted by molar-refractivity contribution is 5.98. The van der Waals surface area contributed by atoms with Gasteiger partial charge in [-0.15, -0.1) is 0 Å². The number of anilines is 1. The predicted molar refractivity (Wildman–Crippen MR) is 77.2 cm³/mol. The summed E-state index contributed by atoms with van der Waals surface area (Å²) in [6.45, 7) is 4.92. The number of hydrogen-bond acceptors (Lipinski definition) is 3. The van der Waals surface area contributed by atoms with Crippen molar-refractivity contribution in [2.24, 2.45) is 5.92 Å². The van der Waals surface area contributed by atoms with Gasteiger partial charge in [0.15, 0.2) is 0 Å². The molecule has 2 N–H and O–H groups in total. The Kier molecular flexibility index (Phi) is 4.93. The summed E-state index contributed by atoms with van der Waals surface area (Å²) < 4.78 is 13.3. The average molecular weight is 279 g/mol. The lowest BCUT2D eigenvalue weighted by Crippen LogP contribution is -2.33. The van der Waals surface area contributed by atoms with E-state index in [1.165, 1.54) is 6.07 Å². The standard InChI is InChI=1S/C15H22FN3O/c1-3-6-17-14-13(8-11(16)9-18-14)15(20)19-12-5-4-10(2)7-12/h8-10,12H,3-7H2,1-2H3,(H,17,18)(H,19,20). The smallest absolute Gasteiger partial charge is 0.255 e. The molecule has 0 aliphatic heterocycles. The molecular formula is C15H22FN3O. The maximum absolute atomic E-state index is 13.3. The van der Waals surface area contributed by atoms with Gasteiger partial charge in [-0.25, -0.2) is 9.37 Å². The SMILES string of the molecule is CCCNc1ncc(F)cc1C(=O)NC1CCC(C)C1. The van der Waals surface area contributed by atoms with E-state index < -0.39 is 5.82 Å². The molecule has 2 unspecified atom stereocenters. The van der Waals surface area contributed by atoms with Crippen LogP contribution in [-0.4, -0.2) is 23.5 Å². The summed E-state index contributed by atoms with van der Waals surface area (Å²) in [4.78, 5) is 16.3. The van der Waals surface area contributed by atoms with E-state index in [2.05, 4.69) is 22.5 Å². The van der Waals surface area contributed by atoms with Gasteiger partial charge in [-0.2, -0.15) is 0 Å². The van der Waals surface area contributed by atoms with Crippen LogP contribution >= 0.6 is 0 Å². The second-order valence-electron chi connectivity index (χ2n) is 5.57. The van der Waals surface area contributed by atoms with Gasteiger partial charge in [0.05, 0.1) is 11.8 Å². The minimum absolute atomic E-state index is 0.194. The minimum atomic E-state index is -0.489. The molecule has 1 aromatic heterocycles. The molecule has 2 atom stereocenters. The third kappa shape index (κ3) is 3.68. The van der Waals surface area contributed by atoms with Crippen LogP contribution < -0.4 is 10.6 Å². The molecule has 0 bridgehead atoms. The van der Waals surface area contributed by atoms with Crippen molar-refractivity contribution in [3.63, 3.8) is 0 Å². The fraction of sp³-hybridized carbons (Fsp3) is 0.600. The Morgan fingerprint density at radius 1 is 1.50 bits per heavy atom. The van der Waals surface area contributed by atoms with Crippen molar-refractivity contribution in [2.45, 2.75) is 45.6 Å². The van der Waals surface area contributed by atoms with E-state index in [1.807, 2.05) is 6.92 Å². The Morgan fingerprint density at radius 3 is 2.95 bits per heavy atom. The van der Waals surface area contributed by atoms with E-state index >= 15 is 0 Å². The van der Waals surface area contributed by atoms with E-state index in [0.717, 1.165) is 31.9 Å². The molecule has 1 fully saturated rings. The van der Waals surface area contributed by atoms with Crippen LogP contribution in [0, 0.1) is 11.7 Å². The zero-order valence-electron chi connectivity index (χ0n) is 12.1. The highest BCUT2D eigenvalue weighted by atomic mass is 19.1. The third-order valence-electron chi connectivity index (χ3n) is 3.67. The Labute approximate surface area is 119 Å². The van der Waals surface area contributed by atoms with Gasteiger partial charge in [0, 0.05) is 12.6 Å². The van der Waals surface area contributed by atoms with Gasteiger partial charge in [-0.3, -0.25) is 4.79 Å². The molecule has 1 heterocycles. The van der Waals surface area contributed by atoms with E-state index in [0.29, 0.717) is 18.3 Å². The molecule has 0 saturated heterocycles. The van der Waals surface area contributed by atoms with Gasteiger partial charge in [0.2, 0.25) is 0 Å². The molecule has 5 heteroatoms. The highest BCUT2D eigenvalue weighted by Crippen LogP contribution is 2.25. The number of aromatic nitrogens is 1. The number of halogens is 1. The van der Waals surface area contributed by atoms with Crippen LogP contribution in [-0.2, 0) is 0 Å². The third-order valence-corrected chi connectivity index (χ3v) is 3.67. The summed E-state index contributed by atoms with van der Waals surface area (Å²) in [6, 6.07) is 1.44. The van der Waals surface area contributed by atoms with Gasteiger partial charge >= 0.3 is 0 Å². The zero-order chi connectivity index (χ0) is 14.5. The van der Waals surface area contributed by atoms with Crippen LogP contribution in [0.15, 0.2) is 12.3 Å². The average Bonchev–Trinajstić information content (AvgIpc) is 2.82. The first kappa shape index (κ1) is 14.8. The van der Waals surface area contributed by atoms with Gasteiger partial charge in [0.1, 0.15) is 11.6 Å². The largest absolute Gasteiger partial charge is 0.369 e. The molecule has 4 nitrogen and oxygen atoms in total. The zero-order valence-corrected chi connectivity index (χ0v) is 12.1. The van der Waals surface area contributed by atoms with E-state index in [1.54, 1.807) is 0 Å². The maximum atomic E-state index is 13.3. The summed E-state index contributed by atoms with van der Waals surface area (Å²) in [6.07, 6.45) is 5.17. The normalized spacial score (nSPS) is 21.8. The Morgan fingerprint density at radius 2 is 2.30 bits per heavy atom. The molecule has 20 heavy (non-hydrogen) atoms. The summed E-state index contributed by atoms with van der Waals surface area (Å²) >= 11 is 0. The van der Waals surface area contributed by atoms with E-state index in [4.69, 9.17) is 0 Å². The first-order valence-electron chi connectivity index (χ1n) is 7.30. The molecule has 110 valence electrons. The van der Waals surface area contributed by atoms with Crippen molar-refractivity contribution in [3.8, 4) is 0 Å². The molecule has 1 saturated carbocycles. The fourth-order valence-corrected chi connectivity index (χ4v) is 2.60. The highest BCUT2D eigenvalue weighted by Gasteiger charge is 2.24. The summed E-state index contributed by atoms with van der Waals surface area (Å²) in [5.41, 5.74) is 0.290. The van der Waals surface area contributed by atoms with Crippen LogP contribution in [0.25, 0.3) is 0 Å². The van der Waals surface area contributed by atoms with Gasteiger partial charge in [-0.1, -0.05) is 13.8 Å². The van der Waals surface area contributed by atoms with Crippen molar-refractivity contribution in [3.05, 3.63) is 23.6 Å². The molecular weight excluding hydrogens is 257 g/mol. The first-order valence-corrected chi connectivity index (χ1v) is 7.30. The van der Waals surface area contributed by atoms with Crippen molar-refractivity contribution in [1.82, 2.24) is 10.3 Å². The number of nitrogens with one attached hydrogen (secondary N) is 2. The summed E-state index contributed by atoms with van der Waals surface area (Å²) in [5, 5.41) is 6.05. The Bertz CT molecular complexity index is 478. The predicted octanol–water partition coefficient (Wildman–Crippen LogP) is 2.96.